The van der Waals surface area contributed by atoms with Crippen LogP contribution < -0.4 is 5.32 Å². The van der Waals surface area contributed by atoms with Crippen LogP contribution in [0.3, 0.4) is 0 Å². The van der Waals surface area contributed by atoms with Crippen molar-refractivity contribution in [3.63, 3.8) is 0 Å². The molecule has 0 aliphatic rings. The van der Waals surface area contributed by atoms with Gasteiger partial charge >= 0.3 is 0 Å². The summed E-state index contributed by atoms with van der Waals surface area (Å²) in [6.45, 7) is 2.94. The van der Waals surface area contributed by atoms with Crippen LogP contribution in [0.5, 0.6) is 0 Å². The van der Waals surface area contributed by atoms with E-state index in [4.69, 9.17) is 23.2 Å². The molecular formula is C11H14Cl2N4O2. The molecule has 1 N–H and O–H groups in total. The Labute approximate surface area is 121 Å². The number of nitrogens with one attached hydrogen (secondary N) is 1. The van der Waals surface area contributed by atoms with Crippen molar-refractivity contribution in [2.75, 3.05) is 13.6 Å². The third kappa shape index (κ3) is 4.57. The summed E-state index contributed by atoms with van der Waals surface area (Å²) >= 11 is 11.6. The summed E-state index contributed by atoms with van der Waals surface area (Å²) in [5, 5.41) is 13.9. The van der Waals surface area contributed by atoms with Crippen LogP contribution >= 0.6 is 23.2 Å². The van der Waals surface area contributed by atoms with Gasteiger partial charge in [-0.3, -0.25) is 10.1 Å². The quantitative estimate of drug-likeness (QED) is 0.497. The molecule has 1 aromatic rings. The van der Waals surface area contributed by atoms with Crippen molar-refractivity contribution >= 4 is 23.2 Å². The van der Waals surface area contributed by atoms with Crippen LogP contribution in [-0.2, 0) is 6.54 Å². The van der Waals surface area contributed by atoms with Gasteiger partial charge in [0, 0.05) is 26.3 Å². The highest BCUT2D eigenvalue weighted by atomic mass is 35.5. The maximum atomic E-state index is 10.6. The van der Waals surface area contributed by atoms with Crippen molar-refractivity contribution in [3.05, 3.63) is 50.1 Å². The summed E-state index contributed by atoms with van der Waals surface area (Å²) in [4.78, 5) is 15.8. The number of hydrogen-bond donors (Lipinski definition) is 1. The van der Waals surface area contributed by atoms with Gasteiger partial charge in [-0.15, -0.1) is 0 Å². The second-order valence-electron chi connectivity index (χ2n) is 3.68. The fraction of sp³-hybridized carbons (Fsp3) is 0.364. The summed E-state index contributed by atoms with van der Waals surface area (Å²) in [6.07, 6.45) is 2.52. The zero-order valence-electron chi connectivity index (χ0n) is 10.6. The molecule has 0 unspecified atom stereocenters. The maximum absolute atomic E-state index is 10.6. The highest BCUT2D eigenvalue weighted by molar-refractivity contribution is 6.41. The second-order valence-corrected chi connectivity index (χ2v) is 4.45. The first kappa shape index (κ1) is 15.5. The van der Waals surface area contributed by atoms with Gasteiger partial charge < -0.3 is 10.2 Å². The Balaban J connectivity index is 2.92. The summed E-state index contributed by atoms with van der Waals surface area (Å²) in [6, 6.07) is 1.69. The molecule has 0 atom stereocenters. The topological polar surface area (TPSA) is 71.3 Å². The van der Waals surface area contributed by atoms with Gasteiger partial charge in [-0.1, -0.05) is 23.2 Å². The average molecular weight is 305 g/mol. The average Bonchev–Trinajstić information content (AvgIpc) is 2.37. The Kier molecular flexibility index (Phi) is 5.85. The molecule has 0 saturated heterocycles. The number of nitrogens with zero attached hydrogens (tertiary/aromatic N) is 3. The van der Waals surface area contributed by atoms with E-state index in [1.807, 2.05) is 6.92 Å². The molecular weight excluding hydrogens is 291 g/mol. The summed E-state index contributed by atoms with van der Waals surface area (Å²) in [7, 11) is 1.63. The van der Waals surface area contributed by atoms with Crippen LogP contribution in [0.25, 0.3) is 0 Å². The van der Waals surface area contributed by atoms with E-state index in [1.54, 1.807) is 24.2 Å². The van der Waals surface area contributed by atoms with Gasteiger partial charge in [0.25, 0.3) is 6.20 Å². The fourth-order valence-corrected chi connectivity index (χ4v) is 1.83. The minimum absolute atomic E-state index is 0.239. The molecule has 0 amide bonds. The molecule has 104 valence electrons. The highest BCUT2D eigenvalue weighted by Gasteiger charge is 2.12. The van der Waals surface area contributed by atoms with E-state index in [0.29, 0.717) is 23.9 Å². The number of nitro groups is 1. The Morgan fingerprint density at radius 3 is 2.79 bits per heavy atom. The molecule has 0 fully saturated rings. The van der Waals surface area contributed by atoms with Crippen molar-refractivity contribution in [1.82, 2.24) is 15.2 Å². The molecule has 0 aliphatic carbocycles. The van der Waals surface area contributed by atoms with Crippen molar-refractivity contribution in [3.8, 4) is 0 Å². The molecule has 1 aromatic heterocycles. The van der Waals surface area contributed by atoms with E-state index in [0.717, 1.165) is 11.8 Å². The monoisotopic (exact) mass is 304 g/mol. The Morgan fingerprint density at radius 1 is 1.63 bits per heavy atom. The SMILES string of the molecule is CCN(Cc1cnc(Cl)c(Cl)c1)/C(=C/[N+](=O)[O-])NC. The number of hydrogen-bond acceptors (Lipinski definition) is 5. The molecule has 0 bridgehead atoms. The molecule has 6 nitrogen and oxygen atoms in total. The third-order valence-electron chi connectivity index (χ3n) is 2.43. The lowest BCUT2D eigenvalue weighted by atomic mass is 10.2. The first-order valence-electron chi connectivity index (χ1n) is 5.55. The molecule has 1 rings (SSSR count). The summed E-state index contributed by atoms with van der Waals surface area (Å²) in [5.74, 6) is 0.415. The first-order valence-corrected chi connectivity index (χ1v) is 6.31. The van der Waals surface area contributed by atoms with Gasteiger partial charge in [0.1, 0.15) is 5.15 Å². The van der Waals surface area contributed by atoms with Gasteiger partial charge in [0.15, 0.2) is 5.82 Å². The zero-order chi connectivity index (χ0) is 14.4. The van der Waals surface area contributed by atoms with Crippen LogP contribution in [0.15, 0.2) is 24.3 Å². The van der Waals surface area contributed by atoms with Crippen molar-refractivity contribution < 1.29 is 4.92 Å². The molecule has 8 heteroatoms. The zero-order valence-corrected chi connectivity index (χ0v) is 12.1. The molecule has 0 saturated carbocycles. The summed E-state index contributed by atoms with van der Waals surface area (Å²) in [5.41, 5.74) is 0.820. The number of rotatable bonds is 6. The van der Waals surface area contributed by atoms with Crippen molar-refractivity contribution in [1.29, 1.82) is 0 Å². The third-order valence-corrected chi connectivity index (χ3v) is 3.12. The van der Waals surface area contributed by atoms with Gasteiger partial charge in [0.05, 0.1) is 9.95 Å². The molecule has 0 aromatic carbocycles. The Hall–Kier alpha value is -1.53. The molecule has 0 radical (unpaired) electrons. The number of aromatic nitrogens is 1. The summed E-state index contributed by atoms with van der Waals surface area (Å²) < 4.78 is 0. The number of halogens is 2. The van der Waals surface area contributed by atoms with Gasteiger partial charge in [-0.2, -0.15) is 0 Å². The van der Waals surface area contributed by atoms with Gasteiger partial charge in [-0.25, -0.2) is 4.98 Å². The first-order chi connectivity index (χ1) is 8.97. The van der Waals surface area contributed by atoms with E-state index < -0.39 is 4.92 Å². The van der Waals surface area contributed by atoms with E-state index in [-0.39, 0.29) is 5.15 Å². The lowest BCUT2D eigenvalue weighted by molar-refractivity contribution is -0.404. The van der Waals surface area contributed by atoms with Crippen LogP contribution in [-0.4, -0.2) is 28.4 Å². The number of pyridine rings is 1. The second kappa shape index (κ2) is 7.16. The minimum atomic E-state index is -0.498. The van der Waals surface area contributed by atoms with E-state index in [9.17, 15) is 10.1 Å². The lowest BCUT2D eigenvalue weighted by Gasteiger charge is -2.23. The minimum Gasteiger partial charge on any atom is -0.370 e. The van der Waals surface area contributed by atoms with Crippen molar-refractivity contribution in [2.45, 2.75) is 13.5 Å². The molecule has 0 aliphatic heterocycles. The largest absolute Gasteiger partial charge is 0.370 e. The Morgan fingerprint density at radius 2 is 2.32 bits per heavy atom. The standard InChI is InChI=1S/C11H14Cl2N4O2/c1-3-16(10(14-2)7-17(18)19)6-8-4-9(12)11(13)15-5-8/h4-5,7,14H,3,6H2,1-2H3/b10-7+. The van der Waals surface area contributed by atoms with E-state index >= 15 is 0 Å². The highest BCUT2D eigenvalue weighted by Crippen LogP contribution is 2.21. The van der Waals surface area contributed by atoms with Crippen LogP contribution in [0.1, 0.15) is 12.5 Å². The van der Waals surface area contributed by atoms with Gasteiger partial charge in [0.2, 0.25) is 0 Å². The van der Waals surface area contributed by atoms with E-state index in [2.05, 4.69) is 10.3 Å². The van der Waals surface area contributed by atoms with Crippen molar-refractivity contribution in [2.24, 2.45) is 0 Å². The Bertz CT molecular complexity index is 494. The molecule has 19 heavy (non-hydrogen) atoms. The predicted octanol–water partition coefficient (Wildman–Crippen LogP) is 2.51. The molecule has 0 spiro atoms. The van der Waals surface area contributed by atoms with Crippen LogP contribution in [0.2, 0.25) is 10.2 Å². The van der Waals surface area contributed by atoms with Crippen LogP contribution in [0, 0.1) is 10.1 Å². The normalized spacial score (nSPS) is 11.3. The predicted molar refractivity (Wildman–Crippen MR) is 74.5 cm³/mol. The van der Waals surface area contributed by atoms with Gasteiger partial charge in [-0.05, 0) is 18.6 Å². The van der Waals surface area contributed by atoms with Crippen LogP contribution in [0.4, 0.5) is 0 Å². The molecule has 1 heterocycles. The smallest absolute Gasteiger partial charge is 0.274 e. The van der Waals surface area contributed by atoms with E-state index in [1.165, 1.54) is 0 Å². The lowest BCUT2D eigenvalue weighted by Crippen LogP contribution is -2.30. The fourth-order valence-electron chi connectivity index (χ4n) is 1.54. The maximum Gasteiger partial charge on any atom is 0.274 e.